The van der Waals surface area contributed by atoms with Crippen LogP contribution in [0.4, 0.5) is 0 Å². The summed E-state index contributed by atoms with van der Waals surface area (Å²) < 4.78 is 0. The Labute approximate surface area is 211 Å². The second kappa shape index (κ2) is 9.20. The highest BCUT2D eigenvalue weighted by Crippen LogP contribution is 2.35. The van der Waals surface area contributed by atoms with Gasteiger partial charge in [0.15, 0.2) is 11.6 Å². The van der Waals surface area contributed by atoms with Crippen molar-refractivity contribution in [1.82, 2.24) is 0 Å². The minimum atomic E-state index is -0.0641. The Balaban J connectivity index is 0.000000137. The highest BCUT2D eigenvalue weighted by molar-refractivity contribution is 6.28. The number of fused-ring (bicyclic) bond motifs is 7. The van der Waals surface area contributed by atoms with Crippen LogP contribution in [-0.4, -0.2) is 11.6 Å². The molecule has 0 aromatic heterocycles. The van der Waals surface area contributed by atoms with Gasteiger partial charge in [0.2, 0.25) is 0 Å². The standard InChI is InChI=1S/C20H20.C14H8O2/c1-2-14-7-10-18-16(13-14)9-12-19-17-6-4-3-5-15(17)8-11-20(18)19;15-13-9-5-1-2-6-10(9)14(16)12-8-4-3-7-11(12)13/h3-6,8-9,11-12,14H,2,7,10,13H2,1H3;1-8H. The first kappa shape index (κ1) is 22.4. The Kier molecular flexibility index (Phi) is 5.73. The van der Waals surface area contributed by atoms with E-state index in [2.05, 4.69) is 55.5 Å². The molecule has 0 amide bonds. The molecule has 2 aliphatic carbocycles. The fraction of sp³-hybridized carbons (Fsp3) is 0.176. The van der Waals surface area contributed by atoms with Crippen LogP contribution in [0.2, 0.25) is 0 Å². The molecular formula is C34H28O2. The maximum absolute atomic E-state index is 12.1. The molecule has 0 saturated carbocycles. The zero-order valence-corrected chi connectivity index (χ0v) is 20.5. The lowest BCUT2D eigenvalue weighted by atomic mass is 9.80. The number of rotatable bonds is 1. The monoisotopic (exact) mass is 468 g/mol. The first-order chi connectivity index (χ1) is 17.7. The number of benzene rings is 5. The van der Waals surface area contributed by atoms with Crippen molar-refractivity contribution in [2.75, 3.05) is 0 Å². The summed E-state index contributed by atoms with van der Waals surface area (Å²) in [6, 6.07) is 32.0. The third-order valence-electron chi connectivity index (χ3n) is 7.86. The van der Waals surface area contributed by atoms with Crippen molar-refractivity contribution in [2.45, 2.75) is 32.6 Å². The molecule has 5 aromatic rings. The van der Waals surface area contributed by atoms with Crippen LogP contribution in [0.25, 0.3) is 21.5 Å². The molecule has 0 spiro atoms. The summed E-state index contributed by atoms with van der Waals surface area (Å²) >= 11 is 0. The molecule has 1 unspecified atom stereocenters. The Hall–Kier alpha value is -4.04. The van der Waals surface area contributed by atoms with Gasteiger partial charge in [0.1, 0.15) is 0 Å². The van der Waals surface area contributed by atoms with Crippen molar-refractivity contribution in [3.05, 3.63) is 130 Å². The van der Waals surface area contributed by atoms with Gasteiger partial charge in [-0.2, -0.15) is 0 Å². The predicted molar refractivity (Wildman–Crippen MR) is 147 cm³/mol. The fourth-order valence-corrected chi connectivity index (χ4v) is 5.84. The molecule has 2 nitrogen and oxygen atoms in total. The van der Waals surface area contributed by atoms with Crippen LogP contribution in [0.5, 0.6) is 0 Å². The molecule has 0 fully saturated rings. The fourth-order valence-electron chi connectivity index (χ4n) is 5.84. The smallest absolute Gasteiger partial charge is 0.194 e. The van der Waals surface area contributed by atoms with Crippen LogP contribution in [0.3, 0.4) is 0 Å². The van der Waals surface area contributed by atoms with Crippen LogP contribution in [0, 0.1) is 5.92 Å². The maximum atomic E-state index is 12.1. The number of hydrogen-bond acceptors (Lipinski definition) is 2. The Morgan fingerprint density at radius 3 is 1.78 bits per heavy atom. The van der Waals surface area contributed by atoms with E-state index in [9.17, 15) is 9.59 Å². The van der Waals surface area contributed by atoms with Crippen molar-refractivity contribution < 1.29 is 9.59 Å². The second-order valence-corrected chi connectivity index (χ2v) is 9.85. The molecule has 0 bridgehead atoms. The van der Waals surface area contributed by atoms with Crippen LogP contribution in [0.1, 0.15) is 62.7 Å². The van der Waals surface area contributed by atoms with Crippen molar-refractivity contribution in [2.24, 2.45) is 5.92 Å². The maximum Gasteiger partial charge on any atom is 0.194 e. The SMILES string of the molecule is CCC1CCc2c(ccc3c2ccc2ccccc23)C1.O=C1c2ccccc2C(=O)c2ccccc21. The summed E-state index contributed by atoms with van der Waals surface area (Å²) in [7, 11) is 0. The molecule has 2 heteroatoms. The van der Waals surface area contributed by atoms with E-state index < -0.39 is 0 Å². The Morgan fingerprint density at radius 2 is 1.17 bits per heavy atom. The van der Waals surface area contributed by atoms with E-state index in [4.69, 9.17) is 0 Å². The summed E-state index contributed by atoms with van der Waals surface area (Å²) in [5, 5.41) is 5.65. The Morgan fingerprint density at radius 1 is 0.611 bits per heavy atom. The minimum absolute atomic E-state index is 0.0641. The lowest BCUT2D eigenvalue weighted by Gasteiger charge is -2.25. The first-order valence-corrected chi connectivity index (χ1v) is 12.9. The van der Waals surface area contributed by atoms with E-state index in [1.54, 1.807) is 59.7 Å². The van der Waals surface area contributed by atoms with E-state index >= 15 is 0 Å². The first-order valence-electron chi connectivity index (χ1n) is 12.9. The van der Waals surface area contributed by atoms with E-state index in [1.807, 2.05) is 0 Å². The van der Waals surface area contributed by atoms with E-state index in [0.717, 1.165) is 5.92 Å². The lowest BCUT2D eigenvalue weighted by Crippen LogP contribution is -2.20. The number of carbonyl (C=O) groups excluding carboxylic acids is 2. The molecule has 1 atom stereocenters. The number of carbonyl (C=O) groups is 2. The van der Waals surface area contributed by atoms with Gasteiger partial charge in [-0.3, -0.25) is 9.59 Å². The average molecular weight is 469 g/mol. The molecule has 36 heavy (non-hydrogen) atoms. The molecule has 7 rings (SSSR count). The predicted octanol–water partition coefficient (Wildman–Crippen LogP) is 7.97. The topological polar surface area (TPSA) is 34.1 Å². The zero-order valence-electron chi connectivity index (χ0n) is 20.5. The van der Waals surface area contributed by atoms with Crippen LogP contribution < -0.4 is 0 Å². The number of hydrogen-bond donors (Lipinski definition) is 0. The van der Waals surface area contributed by atoms with Gasteiger partial charge < -0.3 is 0 Å². The largest absolute Gasteiger partial charge is 0.289 e. The number of ketones is 2. The Bertz CT molecular complexity index is 1540. The van der Waals surface area contributed by atoms with E-state index in [-0.39, 0.29) is 11.6 Å². The van der Waals surface area contributed by atoms with Gasteiger partial charge in [0.25, 0.3) is 0 Å². The van der Waals surface area contributed by atoms with Gasteiger partial charge >= 0.3 is 0 Å². The summed E-state index contributed by atoms with van der Waals surface area (Å²) in [5.41, 5.74) is 5.22. The molecular weight excluding hydrogens is 440 g/mol. The molecule has 176 valence electrons. The van der Waals surface area contributed by atoms with Gasteiger partial charge in [-0.25, -0.2) is 0 Å². The molecule has 2 aliphatic rings. The molecule has 0 aliphatic heterocycles. The van der Waals surface area contributed by atoms with Crippen LogP contribution in [-0.2, 0) is 12.8 Å². The zero-order chi connectivity index (χ0) is 24.6. The van der Waals surface area contributed by atoms with Crippen molar-refractivity contribution in [1.29, 1.82) is 0 Å². The summed E-state index contributed by atoms with van der Waals surface area (Å²) in [6.07, 6.45) is 5.20. The van der Waals surface area contributed by atoms with Gasteiger partial charge in [0, 0.05) is 22.3 Å². The molecule has 0 heterocycles. The van der Waals surface area contributed by atoms with Gasteiger partial charge in [0.05, 0.1) is 0 Å². The summed E-state index contributed by atoms with van der Waals surface area (Å²) in [4.78, 5) is 24.2. The second-order valence-electron chi connectivity index (χ2n) is 9.85. The van der Waals surface area contributed by atoms with Gasteiger partial charge in [-0.15, -0.1) is 0 Å². The quantitative estimate of drug-likeness (QED) is 0.229. The van der Waals surface area contributed by atoms with Crippen LogP contribution >= 0.6 is 0 Å². The van der Waals surface area contributed by atoms with E-state index in [0.29, 0.717) is 22.3 Å². The molecule has 0 radical (unpaired) electrons. The minimum Gasteiger partial charge on any atom is -0.289 e. The molecule has 0 saturated heterocycles. The van der Waals surface area contributed by atoms with Crippen molar-refractivity contribution in [3.8, 4) is 0 Å². The van der Waals surface area contributed by atoms with Crippen molar-refractivity contribution >= 4 is 33.1 Å². The van der Waals surface area contributed by atoms with E-state index in [1.165, 1.54) is 47.2 Å². The third kappa shape index (κ3) is 3.74. The van der Waals surface area contributed by atoms with Gasteiger partial charge in [-0.1, -0.05) is 110 Å². The summed E-state index contributed by atoms with van der Waals surface area (Å²) in [5.74, 6) is 0.761. The average Bonchev–Trinajstić information content (AvgIpc) is 2.95. The number of aryl methyl sites for hydroxylation is 1. The third-order valence-corrected chi connectivity index (χ3v) is 7.86. The summed E-state index contributed by atoms with van der Waals surface area (Å²) in [6.45, 7) is 2.32. The molecule has 5 aromatic carbocycles. The highest BCUT2D eigenvalue weighted by Gasteiger charge is 2.28. The lowest BCUT2D eigenvalue weighted by molar-refractivity contribution is 0.0979. The van der Waals surface area contributed by atoms with Gasteiger partial charge in [-0.05, 0) is 57.9 Å². The molecule has 0 N–H and O–H groups in total. The normalized spacial score (nSPS) is 16.1. The van der Waals surface area contributed by atoms with Crippen LogP contribution in [0.15, 0.2) is 97.1 Å². The highest BCUT2D eigenvalue weighted by atomic mass is 16.1. The van der Waals surface area contributed by atoms with Crippen molar-refractivity contribution in [3.63, 3.8) is 0 Å².